The molecular weight excluding hydrogens is 534 g/mol. The molecule has 1 aromatic rings. The molecule has 42 heavy (non-hydrogen) atoms. The number of nitrogens with zero attached hydrogens (tertiary/aromatic N) is 1. The minimum absolute atomic E-state index is 0.0646. The van der Waals surface area contributed by atoms with Crippen molar-refractivity contribution in [2.24, 2.45) is 17.3 Å². The minimum Gasteiger partial charge on any atom is -0.465 e. The number of hydrogen-bond donors (Lipinski definition) is 0. The van der Waals surface area contributed by atoms with Crippen molar-refractivity contribution in [2.75, 3.05) is 13.2 Å². The zero-order valence-electron chi connectivity index (χ0n) is 27.7. The van der Waals surface area contributed by atoms with Crippen LogP contribution in [0.15, 0.2) is 30.3 Å². The van der Waals surface area contributed by atoms with Gasteiger partial charge in [0.1, 0.15) is 5.60 Å². The van der Waals surface area contributed by atoms with Gasteiger partial charge >= 0.3 is 17.9 Å². The highest BCUT2D eigenvalue weighted by atomic mass is 16.7. The van der Waals surface area contributed by atoms with Crippen molar-refractivity contribution in [1.82, 2.24) is 5.06 Å². The van der Waals surface area contributed by atoms with E-state index < -0.39 is 52.3 Å². The molecule has 0 N–H and O–H groups in total. The number of piperidine rings is 1. The van der Waals surface area contributed by atoms with Crippen molar-refractivity contribution in [3.8, 4) is 0 Å². The van der Waals surface area contributed by atoms with Crippen LogP contribution >= 0.6 is 0 Å². The lowest BCUT2D eigenvalue weighted by molar-refractivity contribution is -0.357. The maximum Gasteiger partial charge on any atom is 0.324 e. The first-order valence-electron chi connectivity index (χ1n) is 15.5. The van der Waals surface area contributed by atoms with Gasteiger partial charge in [0.15, 0.2) is 5.41 Å². The predicted molar refractivity (Wildman–Crippen MR) is 161 cm³/mol. The van der Waals surface area contributed by atoms with Crippen molar-refractivity contribution in [3.05, 3.63) is 35.9 Å². The van der Waals surface area contributed by atoms with Gasteiger partial charge in [0.05, 0.1) is 24.7 Å². The van der Waals surface area contributed by atoms with Crippen LogP contribution in [-0.4, -0.2) is 58.5 Å². The van der Waals surface area contributed by atoms with Crippen LogP contribution in [0, 0.1) is 17.3 Å². The number of esters is 3. The predicted octanol–water partition coefficient (Wildman–Crippen LogP) is 6.61. The second-order valence-corrected chi connectivity index (χ2v) is 14.4. The Bertz CT molecular complexity index is 1090. The molecule has 2 fully saturated rings. The highest BCUT2D eigenvalue weighted by Gasteiger charge is 2.71. The van der Waals surface area contributed by atoms with Crippen molar-refractivity contribution >= 4 is 17.9 Å². The summed E-state index contributed by atoms with van der Waals surface area (Å²) in [6, 6.07) is 9.25. The van der Waals surface area contributed by atoms with Crippen LogP contribution in [0.4, 0.5) is 0 Å². The maximum atomic E-state index is 14.4. The fourth-order valence-corrected chi connectivity index (χ4v) is 7.29. The average molecular weight is 588 g/mol. The Morgan fingerprint density at radius 1 is 0.881 bits per heavy atom. The molecule has 0 unspecified atom stereocenters. The van der Waals surface area contributed by atoms with Crippen LogP contribution in [-0.2, 0) is 33.4 Å². The lowest BCUT2D eigenvalue weighted by Crippen LogP contribution is -2.68. The first-order valence-corrected chi connectivity index (χ1v) is 15.5. The normalized spacial score (nSPS) is 28.9. The van der Waals surface area contributed by atoms with E-state index in [9.17, 15) is 14.4 Å². The molecule has 1 saturated heterocycles. The summed E-state index contributed by atoms with van der Waals surface area (Å²) in [4.78, 5) is 50.0. The van der Waals surface area contributed by atoms with Gasteiger partial charge in [0.25, 0.3) is 0 Å². The molecule has 236 valence electrons. The third kappa shape index (κ3) is 6.40. The fourth-order valence-electron chi connectivity index (χ4n) is 7.29. The second-order valence-electron chi connectivity index (χ2n) is 14.4. The molecular formula is C34H53NO7. The van der Waals surface area contributed by atoms with Crippen LogP contribution < -0.4 is 0 Å². The van der Waals surface area contributed by atoms with E-state index in [4.69, 9.17) is 19.0 Å². The van der Waals surface area contributed by atoms with Crippen LogP contribution in [0.25, 0.3) is 0 Å². The first kappa shape index (κ1) is 34.0. The zero-order chi connectivity index (χ0) is 31.7. The van der Waals surface area contributed by atoms with E-state index in [1.165, 1.54) is 0 Å². The Morgan fingerprint density at radius 3 is 1.83 bits per heavy atom. The standard InChI is InChI=1S/C34H53NO7/c1-12-39-28(37)34(29(38)40-13-2)23(3)33(11,42-35-31(7,8)20-17-21-32(35,9)10)22-25(27(36)41-30(4,5)6)26(34)24-18-15-14-16-19-24/h14-16,18-19,23,25-26H,12-13,17,20-22H2,1-11H3/t23-,25-,26+,33+/m0/s1. The molecule has 1 heterocycles. The summed E-state index contributed by atoms with van der Waals surface area (Å²) >= 11 is 0. The van der Waals surface area contributed by atoms with Gasteiger partial charge in [0.2, 0.25) is 0 Å². The summed E-state index contributed by atoms with van der Waals surface area (Å²) in [6.45, 7) is 21.3. The van der Waals surface area contributed by atoms with Gasteiger partial charge in [-0.15, -0.1) is 0 Å². The van der Waals surface area contributed by atoms with E-state index >= 15 is 0 Å². The smallest absolute Gasteiger partial charge is 0.324 e. The molecule has 3 rings (SSSR count). The number of carbonyl (C=O) groups is 3. The Hall–Kier alpha value is -2.45. The molecule has 2 aliphatic rings. The fraction of sp³-hybridized carbons (Fsp3) is 0.735. The molecule has 1 aromatic carbocycles. The van der Waals surface area contributed by atoms with Gasteiger partial charge in [0, 0.05) is 22.9 Å². The quantitative estimate of drug-likeness (QED) is 0.191. The Morgan fingerprint density at radius 2 is 1.38 bits per heavy atom. The monoisotopic (exact) mass is 587 g/mol. The van der Waals surface area contributed by atoms with Crippen molar-refractivity contribution in [1.29, 1.82) is 0 Å². The van der Waals surface area contributed by atoms with Crippen LogP contribution in [0.3, 0.4) is 0 Å². The molecule has 1 aliphatic heterocycles. The van der Waals surface area contributed by atoms with Crippen molar-refractivity contribution < 1.29 is 33.4 Å². The largest absolute Gasteiger partial charge is 0.465 e. The first-order chi connectivity index (χ1) is 19.4. The van der Waals surface area contributed by atoms with Gasteiger partial charge in [-0.1, -0.05) is 37.3 Å². The lowest BCUT2D eigenvalue weighted by Gasteiger charge is -2.59. The molecule has 1 aliphatic carbocycles. The number of ether oxygens (including phenoxy) is 3. The van der Waals surface area contributed by atoms with Gasteiger partial charge < -0.3 is 14.2 Å². The molecule has 0 spiro atoms. The topological polar surface area (TPSA) is 91.4 Å². The van der Waals surface area contributed by atoms with E-state index in [1.54, 1.807) is 13.8 Å². The average Bonchev–Trinajstić information content (AvgIpc) is 2.87. The van der Waals surface area contributed by atoms with Crippen LogP contribution in [0.5, 0.6) is 0 Å². The van der Waals surface area contributed by atoms with Gasteiger partial charge in [-0.05, 0) is 100 Å². The molecule has 0 radical (unpaired) electrons. The molecule has 4 atom stereocenters. The van der Waals surface area contributed by atoms with E-state index in [-0.39, 0.29) is 30.7 Å². The van der Waals surface area contributed by atoms with E-state index in [1.807, 2.05) is 70.0 Å². The summed E-state index contributed by atoms with van der Waals surface area (Å²) in [6.07, 6.45) is 3.12. The highest BCUT2D eigenvalue weighted by Crippen LogP contribution is 2.60. The Labute approximate surface area is 252 Å². The van der Waals surface area contributed by atoms with E-state index in [2.05, 4.69) is 27.7 Å². The molecule has 1 saturated carbocycles. The maximum absolute atomic E-state index is 14.4. The molecule has 0 bridgehead atoms. The Balaban J connectivity index is 2.36. The number of benzene rings is 1. The minimum atomic E-state index is -1.88. The van der Waals surface area contributed by atoms with Gasteiger partial charge in [-0.3, -0.25) is 19.2 Å². The second kappa shape index (κ2) is 12.3. The number of hydroxylamine groups is 2. The number of hydrogen-bond acceptors (Lipinski definition) is 8. The van der Waals surface area contributed by atoms with Gasteiger partial charge in [-0.2, -0.15) is 5.06 Å². The molecule has 0 aromatic heterocycles. The van der Waals surface area contributed by atoms with Crippen LogP contribution in [0.1, 0.15) is 113 Å². The summed E-state index contributed by atoms with van der Waals surface area (Å²) in [7, 11) is 0. The SMILES string of the molecule is CCOC(=O)C1(C(=O)OCC)[C@H](c2ccccc2)[C@@H](C(=O)OC(C)(C)C)C[C@@](C)(ON2C(C)(C)CCCC2(C)C)[C@@H]1C. The number of carbonyl (C=O) groups excluding carboxylic acids is 3. The van der Waals surface area contributed by atoms with E-state index in [0.29, 0.717) is 5.56 Å². The number of rotatable bonds is 8. The van der Waals surface area contributed by atoms with E-state index in [0.717, 1.165) is 19.3 Å². The van der Waals surface area contributed by atoms with Crippen molar-refractivity contribution in [2.45, 2.75) is 130 Å². The third-order valence-electron chi connectivity index (χ3n) is 9.19. The zero-order valence-corrected chi connectivity index (χ0v) is 27.7. The lowest BCUT2D eigenvalue weighted by atomic mass is 9.50. The summed E-state index contributed by atoms with van der Waals surface area (Å²) in [5.74, 6) is -4.47. The summed E-state index contributed by atoms with van der Waals surface area (Å²) in [5, 5.41) is 2.04. The molecule has 8 nitrogen and oxygen atoms in total. The van der Waals surface area contributed by atoms with Gasteiger partial charge in [-0.25, -0.2) is 0 Å². The Kier molecular flexibility index (Phi) is 9.95. The third-order valence-corrected chi connectivity index (χ3v) is 9.19. The summed E-state index contributed by atoms with van der Waals surface area (Å²) in [5.41, 5.74) is -3.78. The summed E-state index contributed by atoms with van der Waals surface area (Å²) < 4.78 is 17.4. The molecule has 8 heteroatoms. The highest BCUT2D eigenvalue weighted by molar-refractivity contribution is 6.03. The van der Waals surface area contributed by atoms with Crippen LogP contribution in [0.2, 0.25) is 0 Å². The van der Waals surface area contributed by atoms with Crippen molar-refractivity contribution in [3.63, 3.8) is 0 Å². The molecule has 0 amide bonds.